The zero-order chi connectivity index (χ0) is 14.5. The first-order valence-corrected chi connectivity index (χ1v) is 6.71. The molecule has 0 fully saturated rings. The van der Waals surface area contributed by atoms with Gasteiger partial charge in [0.05, 0.1) is 10.6 Å². The third kappa shape index (κ3) is 3.21. The molecule has 2 rings (SSSR count). The highest BCUT2D eigenvalue weighted by atomic mass is 35.5. The van der Waals surface area contributed by atoms with E-state index in [4.69, 9.17) is 27.9 Å². The summed E-state index contributed by atoms with van der Waals surface area (Å²) in [6.07, 6.45) is 1.59. The smallest absolute Gasteiger partial charge is 0.196 e. The van der Waals surface area contributed by atoms with Gasteiger partial charge in [0, 0.05) is 10.6 Å². The second-order valence-electron chi connectivity index (χ2n) is 4.06. The van der Waals surface area contributed by atoms with Gasteiger partial charge in [0.2, 0.25) is 0 Å². The van der Waals surface area contributed by atoms with Gasteiger partial charge in [0.25, 0.3) is 0 Å². The van der Waals surface area contributed by atoms with Crippen molar-refractivity contribution >= 4 is 29.0 Å². The number of rotatable bonds is 5. The lowest BCUT2D eigenvalue weighted by atomic mass is 10.0. The van der Waals surface area contributed by atoms with Crippen LogP contribution < -0.4 is 4.74 Å². The summed E-state index contributed by atoms with van der Waals surface area (Å²) >= 11 is 12.1. The average Bonchev–Trinajstić information content (AvgIpc) is 2.46. The van der Waals surface area contributed by atoms with Gasteiger partial charge in [-0.25, -0.2) is 0 Å². The van der Waals surface area contributed by atoms with Gasteiger partial charge in [0.1, 0.15) is 12.4 Å². The number of ketones is 1. The number of ether oxygens (including phenoxy) is 1. The van der Waals surface area contributed by atoms with Crippen molar-refractivity contribution in [3.05, 3.63) is 76.3 Å². The van der Waals surface area contributed by atoms with Gasteiger partial charge in [-0.1, -0.05) is 66.2 Å². The van der Waals surface area contributed by atoms with Crippen LogP contribution in [0.1, 0.15) is 15.9 Å². The molecule has 0 aliphatic rings. The first kappa shape index (κ1) is 14.6. The van der Waals surface area contributed by atoms with E-state index in [-0.39, 0.29) is 12.4 Å². The Morgan fingerprint density at radius 3 is 2.55 bits per heavy atom. The molecule has 0 heterocycles. The van der Waals surface area contributed by atoms with Crippen molar-refractivity contribution in [3.63, 3.8) is 0 Å². The summed E-state index contributed by atoms with van der Waals surface area (Å²) in [5, 5.41) is 0.693. The Hall–Kier alpha value is -1.77. The van der Waals surface area contributed by atoms with Gasteiger partial charge in [-0.3, -0.25) is 4.79 Å². The molecule has 0 aromatic heterocycles. The fraction of sp³-hybridized carbons (Fsp3) is 0.0625. The van der Waals surface area contributed by atoms with E-state index in [1.165, 1.54) is 0 Å². The van der Waals surface area contributed by atoms with Crippen molar-refractivity contribution < 1.29 is 9.53 Å². The maximum Gasteiger partial charge on any atom is 0.196 e. The fourth-order valence-corrected chi connectivity index (χ4v) is 2.31. The lowest BCUT2D eigenvalue weighted by Gasteiger charge is -2.12. The Morgan fingerprint density at radius 1 is 1.20 bits per heavy atom. The molecule has 0 spiro atoms. The van der Waals surface area contributed by atoms with Crippen molar-refractivity contribution in [2.24, 2.45) is 0 Å². The van der Waals surface area contributed by atoms with E-state index < -0.39 is 0 Å². The summed E-state index contributed by atoms with van der Waals surface area (Å²) in [4.78, 5) is 12.5. The Balaban J connectivity index is 2.49. The van der Waals surface area contributed by atoms with Crippen LogP contribution in [-0.2, 0) is 0 Å². The van der Waals surface area contributed by atoms with Gasteiger partial charge in [-0.2, -0.15) is 0 Å². The molecule has 0 N–H and O–H groups in total. The SMILES string of the molecule is C=CCOc1c(Cl)cc(Cl)cc1C(=O)c1ccccc1. The van der Waals surface area contributed by atoms with Crippen molar-refractivity contribution in [3.8, 4) is 5.75 Å². The predicted molar refractivity (Wildman–Crippen MR) is 82.0 cm³/mol. The Bertz CT molecular complexity index is 636. The molecule has 0 atom stereocenters. The zero-order valence-electron chi connectivity index (χ0n) is 10.6. The quantitative estimate of drug-likeness (QED) is 0.586. The summed E-state index contributed by atoms with van der Waals surface area (Å²) < 4.78 is 5.49. The first-order valence-electron chi connectivity index (χ1n) is 5.96. The minimum absolute atomic E-state index is 0.186. The third-order valence-corrected chi connectivity index (χ3v) is 3.13. The third-order valence-electron chi connectivity index (χ3n) is 2.63. The molecule has 2 nitrogen and oxygen atoms in total. The van der Waals surface area contributed by atoms with Crippen molar-refractivity contribution in [2.45, 2.75) is 0 Å². The van der Waals surface area contributed by atoms with Crippen molar-refractivity contribution in [1.82, 2.24) is 0 Å². The van der Waals surface area contributed by atoms with E-state index in [1.807, 2.05) is 6.07 Å². The van der Waals surface area contributed by atoms with Gasteiger partial charge in [-0.05, 0) is 12.1 Å². The monoisotopic (exact) mass is 306 g/mol. The maximum absolute atomic E-state index is 12.5. The first-order chi connectivity index (χ1) is 9.63. The van der Waals surface area contributed by atoms with Crippen LogP contribution in [0.15, 0.2) is 55.1 Å². The van der Waals surface area contributed by atoms with Crippen LogP contribution in [0.25, 0.3) is 0 Å². The second-order valence-corrected chi connectivity index (χ2v) is 4.90. The summed E-state index contributed by atoms with van der Waals surface area (Å²) in [5.41, 5.74) is 0.893. The normalized spacial score (nSPS) is 10.1. The molecule has 20 heavy (non-hydrogen) atoms. The van der Waals surface area contributed by atoms with E-state index in [0.717, 1.165) is 0 Å². The minimum Gasteiger partial charge on any atom is -0.487 e. The molecular weight excluding hydrogens is 295 g/mol. The molecule has 2 aromatic rings. The van der Waals surface area contributed by atoms with Crippen LogP contribution in [-0.4, -0.2) is 12.4 Å². The summed E-state index contributed by atoms with van der Waals surface area (Å²) in [5.74, 6) is 0.138. The maximum atomic E-state index is 12.5. The molecule has 0 amide bonds. The molecule has 2 aromatic carbocycles. The number of carbonyl (C=O) groups excluding carboxylic acids is 1. The minimum atomic E-state index is -0.186. The van der Waals surface area contributed by atoms with Crippen LogP contribution in [0.2, 0.25) is 10.0 Å². The number of carbonyl (C=O) groups is 1. The Kier molecular flexibility index (Phi) is 4.83. The highest BCUT2D eigenvalue weighted by Gasteiger charge is 2.18. The van der Waals surface area contributed by atoms with Gasteiger partial charge >= 0.3 is 0 Å². The van der Waals surface area contributed by atoms with Gasteiger partial charge < -0.3 is 4.74 Å². The van der Waals surface area contributed by atoms with Gasteiger partial charge in [0.15, 0.2) is 5.78 Å². The molecule has 0 aliphatic carbocycles. The van der Waals surface area contributed by atoms with Gasteiger partial charge in [-0.15, -0.1) is 0 Å². The van der Waals surface area contributed by atoms with E-state index in [0.29, 0.717) is 26.9 Å². The molecular formula is C16H12Cl2O2. The lowest BCUT2D eigenvalue weighted by Crippen LogP contribution is -2.06. The van der Waals surface area contributed by atoms with Crippen LogP contribution >= 0.6 is 23.2 Å². The summed E-state index contributed by atoms with van der Waals surface area (Å²) in [6.45, 7) is 3.84. The fourth-order valence-electron chi connectivity index (χ4n) is 1.76. The summed E-state index contributed by atoms with van der Waals surface area (Å²) in [6, 6.07) is 12.0. The highest BCUT2D eigenvalue weighted by molar-refractivity contribution is 6.36. The standard InChI is InChI=1S/C16H12Cl2O2/c1-2-8-20-16-13(9-12(17)10-14(16)18)15(19)11-6-4-3-5-7-11/h2-7,9-10H,1,8H2. The Labute approximate surface area is 127 Å². The van der Waals surface area contributed by atoms with E-state index >= 15 is 0 Å². The molecule has 4 heteroatoms. The topological polar surface area (TPSA) is 26.3 Å². The van der Waals surface area contributed by atoms with E-state index in [1.54, 1.807) is 42.5 Å². The molecule has 0 saturated heterocycles. The van der Waals surface area contributed by atoms with Crippen molar-refractivity contribution in [2.75, 3.05) is 6.61 Å². The van der Waals surface area contributed by atoms with E-state index in [9.17, 15) is 4.79 Å². The number of hydrogen-bond acceptors (Lipinski definition) is 2. The molecule has 0 radical (unpaired) electrons. The highest BCUT2D eigenvalue weighted by Crippen LogP contribution is 2.33. The largest absolute Gasteiger partial charge is 0.487 e. The molecule has 102 valence electrons. The molecule has 0 unspecified atom stereocenters. The number of hydrogen-bond donors (Lipinski definition) is 0. The van der Waals surface area contributed by atoms with Crippen LogP contribution in [0.3, 0.4) is 0 Å². The van der Waals surface area contributed by atoms with E-state index in [2.05, 4.69) is 6.58 Å². The molecule has 0 aliphatic heterocycles. The van der Waals surface area contributed by atoms with Crippen molar-refractivity contribution in [1.29, 1.82) is 0 Å². The average molecular weight is 307 g/mol. The molecule has 0 bridgehead atoms. The van der Waals surface area contributed by atoms with Crippen LogP contribution in [0.5, 0.6) is 5.75 Å². The van der Waals surface area contributed by atoms with Crippen LogP contribution in [0.4, 0.5) is 0 Å². The lowest BCUT2D eigenvalue weighted by molar-refractivity contribution is 0.103. The number of benzene rings is 2. The number of halogens is 2. The summed E-state index contributed by atoms with van der Waals surface area (Å²) in [7, 11) is 0. The molecule has 0 saturated carbocycles. The Morgan fingerprint density at radius 2 is 1.90 bits per heavy atom. The predicted octanol–water partition coefficient (Wildman–Crippen LogP) is 4.79. The van der Waals surface area contributed by atoms with Crippen LogP contribution in [0, 0.1) is 0 Å². The second kappa shape index (κ2) is 6.60. The zero-order valence-corrected chi connectivity index (χ0v) is 12.1.